The average Bonchev–Trinajstić information content (AvgIpc) is 3.69. The Labute approximate surface area is 274 Å². The Kier molecular flexibility index (Phi) is 6.31. The predicted octanol–water partition coefficient (Wildman–Crippen LogP) is 13.0. The zero-order chi connectivity index (χ0) is 30.6. The van der Waals surface area contributed by atoms with Crippen LogP contribution >= 0.6 is 22.7 Å². The Bertz CT molecular complexity index is 2520. The summed E-state index contributed by atoms with van der Waals surface area (Å²) in [7, 11) is 0. The van der Waals surface area contributed by atoms with Crippen molar-refractivity contribution >= 4 is 63.0 Å². The SMILES string of the molecule is N#Cc1ccc(-c2ccccc2)c(-c2cc(-c3ccc4sc5ccccc5c4c3)cc(-c3ccc4sc5ccccc5c4c3)c2)c1. The molecule has 0 unspecified atom stereocenters. The molecule has 0 fully saturated rings. The molecule has 0 aliphatic carbocycles. The van der Waals surface area contributed by atoms with E-state index in [1.807, 2.05) is 40.9 Å². The summed E-state index contributed by atoms with van der Waals surface area (Å²) in [5.74, 6) is 0. The summed E-state index contributed by atoms with van der Waals surface area (Å²) in [4.78, 5) is 0. The second-order valence-corrected chi connectivity index (χ2v) is 13.8. The van der Waals surface area contributed by atoms with Gasteiger partial charge in [0.2, 0.25) is 0 Å². The maximum Gasteiger partial charge on any atom is 0.0991 e. The largest absolute Gasteiger partial charge is 0.192 e. The lowest BCUT2D eigenvalue weighted by atomic mass is 9.88. The highest BCUT2D eigenvalue weighted by Gasteiger charge is 2.15. The Hall–Kier alpha value is -5.53. The molecule has 0 amide bonds. The van der Waals surface area contributed by atoms with Gasteiger partial charge in [-0.05, 0) is 111 Å². The lowest BCUT2D eigenvalue weighted by molar-refractivity contribution is 1.48. The van der Waals surface area contributed by atoms with Gasteiger partial charge in [0.05, 0.1) is 11.6 Å². The first-order valence-corrected chi connectivity index (χ1v) is 16.9. The summed E-state index contributed by atoms with van der Waals surface area (Å²) < 4.78 is 5.20. The smallest absolute Gasteiger partial charge is 0.0991 e. The van der Waals surface area contributed by atoms with Gasteiger partial charge in [0, 0.05) is 40.3 Å². The number of nitriles is 1. The van der Waals surface area contributed by atoms with E-state index in [9.17, 15) is 5.26 Å². The van der Waals surface area contributed by atoms with Crippen LogP contribution in [0.3, 0.4) is 0 Å². The summed E-state index contributed by atoms with van der Waals surface area (Å²) in [5, 5.41) is 15.1. The molecule has 46 heavy (non-hydrogen) atoms. The second-order valence-electron chi connectivity index (χ2n) is 11.7. The van der Waals surface area contributed by atoms with E-state index in [-0.39, 0.29) is 0 Å². The minimum atomic E-state index is 0.652. The number of fused-ring (bicyclic) bond motifs is 6. The van der Waals surface area contributed by atoms with E-state index in [4.69, 9.17) is 0 Å². The fourth-order valence-electron chi connectivity index (χ4n) is 6.65. The van der Waals surface area contributed by atoms with E-state index >= 15 is 0 Å². The van der Waals surface area contributed by atoms with Crippen molar-refractivity contribution in [2.45, 2.75) is 0 Å². The molecular weight excluding hydrogens is 595 g/mol. The van der Waals surface area contributed by atoms with Crippen LogP contribution in [0.4, 0.5) is 0 Å². The van der Waals surface area contributed by atoms with Crippen molar-refractivity contribution in [3.8, 4) is 50.6 Å². The van der Waals surface area contributed by atoms with E-state index in [2.05, 4.69) is 140 Å². The lowest BCUT2D eigenvalue weighted by Gasteiger charge is -2.15. The van der Waals surface area contributed by atoms with Crippen LogP contribution in [-0.4, -0.2) is 0 Å². The molecule has 2 aromatic heterocycles. The molecule has 0 N–H and O–H groups in total. The van der Waals surface area contributed by atoms with Gasteiger partial charge in [-0.3, -0.25) is 0 Å². The van der Waals surface area contributed by atoms with Gasteiger partial charge in [-0.1, -0.05) is 84.9 Å². The van der Waals surface area contributed by atoms with Gasteiger partial charge in [-0.25, -0.2) is 0 Å². The third-order valence-corrected chi connectivity index (χ3v) is 11.2. The summed E-state index contributed by atoms with van der Waals surface area (Å²) >= 11 is 3.68. The van der Waals surface area contributed by atoms with E-state index in [1.54, 1.807) is 0 Å². The molecule has 214 valence electrons. The van der Waals surface area contributed by atoms with Crippen LogP contribution in [0.25, 0.3) is 84.9 Å². The highest BCUT2D eigenvalue weighted by Crippen LogP contribution is 2.42. The molecule has 3 heteroatoms. The molecule has 0 aliphatic rings. The van der Waals surface area contributed by atoms with Gasteiger partial charge in [-0.2, -0.15) is 5.26 Å². The van der Waals surface area contributed by atoms with Crippen LogP contribution < -0.4 is 0 Å². The molecule has 9 aromatic rings. The Balaban J connectivity index is 1.31. The van der Waals surface area contributed by atoms with Crippen LogP contribution in [-0.2, 0) is 0 Å². The molecule has 0 saturated carbocycles. The molecule has 1 nitrogen and oxygen atoms in total. The minimum Gasteiger partial charge on any atom is -0.192 e. The number of nitrogens with zero attached hydrogens (tertiary/aromatic N) is 1. The quantitative estimate of drug-likeness (QED) is 0.192. The van der Waals surface area contributed by atoms with Crippen molar-refractivity contribution < 1.29 is 0 Å². The fraction of sp³-hybridized carbons (Fsp3) is 0. The maximum absolute atomic E-state index is 9.92. The first-order chi connectivity index (χ1) is 22.7. The van der Waals surface area contributed by atoms with Gasteiger partial charge in [0.15, 0.2) is 0 Å². The third-order valence-electron chi connectivity index (χ3n) is 8.90. The molecule has 0 radical (unpaired) electrons. The van der Waals surface area contributed by atoms with Crippen LogP contribution in [0, 0.1) is 11.3 Å². The molecule has 7 aromatic carbocycles. The standard InChI is InChI=1S/C43H25NS2/c44-26-27-14-17-34(28-8-2-1-3-9-28)37(20-27)33-22-31(29-15-18-42-38(24-29)35-10-4-6-12-40(35)45-42)21-32(23-33)30-16-19-43-39(25-30)36-11-5-7-13-41(36)46-43/h1-25H. The van der Waals surface area contributed by atoms with Crippen LogP contribution in [0.5, 0.6) is 0 Å². The molecular formula is C43H25NS2. The normalized spacial score (nSPS) is 11.5. The third kappa shape index (κ3) is 4.51. The first-order valence-electron chi connectivity index (χ1n) is 15.3. The van der Waals surface area contributed by atoms with Crippen molar-refractivity contribution in [2.75, 3.05) is 0 Å². The molecule has 0 bridgehead atoms. The Morgan fingerprint density at radius 2 is 0.870 bits per heavy atom. The summed E-state index contributed by atoms with van der Waals surface area (Å²) in [6.07, 6.45) is 0. The number of benzene rings is 7. The number of hydrogen-bond acceptors (Lipinski definition) is 3. The highest BCUT2D eigenvalue weighted by atomic mass is 32.1. The van der Waals surface area contributed by atoms with Crippen LogP contribution in [0.15, 0.2) is 152 Å². The molecule has 0 aliphatic heterocycles. The molecule has 2 heterocycles. The zero-order valence-electron chi connectivity index (χ0n) is 24.7. The number of rotatable bonds is 4. The van der Waals surface area contributed by atoms with Crippen LogP contribution in [0.2, 0.25) is 0 Å². The Morgan fingerprint density at radius 1 is 0.348 bits per heavy atom. The summed E-state index contributed by atoms with van der Waals surface area (Å²) in [6.45, 7) is 0. The predicted molar refractivity (Wildman–Crippen MR) is 199 cm³/mol. The molecule has 9 rings (SSSR count). The van der Waals surface area contributed by atoms with Crippen molar-refractivity contribution in [3.63, 3.8) is 0 Å². The van der Waals surface area contributed by atoms with Gasteiger partial charge in [0.1, 0.15) is 0 Å². The summed E-state index contributed by atoms with van der Waals surface area (Å²) in [5.41, 5.74) is 9.71. The van der Waals surface area contributed by atoms with Gasteiger partial charge in [-0.15, -0.1) is 22.7 Å². The highest BCUT2D eigenvalue weighted by molar-refractivity contribution is 7.26. The fourth-order valence-corrected chi connectivity index (χ4v) is 8.82. The minimum absolute atomic E-state index is 0.652. The number of hydrogen-bond donors (Lipinski definition) is 0. The zero-order valence-corrected chi connectivity index (χ0v) is 26.3. The van der Waals surface area contributed by atoms with Crippen molar-refractivity contribution in [1.29, 1.82) is 5.26 Å². The lowest BCUT2D eigenvalue weighted by Crippen LogP contribution is -1.90. The molecule has 0 spiro atoms. The van der Waals surface area contributed by atoms with E-state index in [0.29, 0.717) is 5.56 Å². The van der Waals surface area contributed by atoms with Gasteiger partial charge in [0.25, 0.3) is 0 Å². The number of thiophene rings is 2. The van der Waals surface area contributed by atoms with Crippen molar-refractivity contribution in [2.24, 2.45) is 0 Å². The monoisotopic (exact) mass is 619 g/mol. The van der Waals surface area contributed by atoms with Crippen molar-refractivity contribution in [3.05, 3.63) is 157 Å². The van der Waals surface area contributed by atoms with E-state index in [0.717, 1.165) is 33.4 Å². The summed E-state index contributed by atoms with van der Waals surface area (Å²) in [6, 6.07) is 56.8. The molecule has 0 saturated heterocycles. The topological polar surface area (TPSA) is 23.8 Å². The van der Waals surface area contributed by atoms with E-state index in [1.165, 1.54) is 51.5 Å². The maximum atomic E-state index is 9.92. The Morgan fingerprint density at radius 3 is 1.46 bits per heavy atom. The first kappa shape index (κ1) is 26.8. The van der Waals surface area contributed by atoms with Gasteiger partial charge >= 0.3 is 0 Å². The molecule has 0 atom stereocenters. The van der Waals surface area contributed by atoms with Crippen LogP contribution in [0.1, 0.15) is 5.56 Å². The average molecular weight is 620 g/mol. The second kappa shape index (κ2) is 10.8. The van der Waals surface area contributed by atoms with Crippen molar-refractivity contribution in [1.82, 2.24) is 0 Å². The van der Waals surface area contributed by atoms with Gasteiger partial charge < -0.3 is 0 Å². The van der Waals surface area contributed by atoms with E-state index < -0.39 is 0 Å².